The van der Waals surface area contributed by atoms with Gasteiger partial charge in [-0.15, -0.1) is 0 Å². The second-order valence-corrected chi connectivity index (χ2v) is 12.2. The number of amides is 1. The molecule has 0 unspecified atom stereocenters. The highest BCUT2D eigenvalue weighted by Crippen LogP contribution is 2.31. The topological polar surface area (TPSA) is 112 Å². The smallest absolute Gasteiger partial charge is 0.328 e. The number of carbonyl (C=O) groups excluding carboxylic acids is 3. The third kappa shape index (κ3) is 6.89. The van der Waals surface area contributed by atoms with E-state index in [1.807, 2.05) is 54.6 Å². The van der Waals surface area contributed by atoms with Crippen LogP contribution in [0.15, 0.2) is 91.0 Å². The van der Waals surface area contributed by atoms with Gasteiger partial charge in [0, 0.05) is 51.1 Å². The average molecular weight is 678 g/mol. The van der Waals surface area contributed by atoms with Gasteiger partial charge in [-0.1, -0.05) is 41.9 Å². The highest BCUT2D eigenvalue weighted by Gasteiger charge is 2.27. The molecule has 2 heterocycles. The summed E-state index contributed by atoms with van der Waals surface area (Å²) in [5.41, 5.74) is 6.16. The second-order valence-electron chi connectivity index (χ2n) is 11.8. The van der Waals surface area contributed by atoms with Crippen molar-refractivity contribution in [3.05, 3.63) is 130 Å². The first-order chi connectivity index (χ1) is 23.7. The first-order valence-corrected chi connectivity index (χ1v) is 16.1. The number of hydrogen-bond acceptors (Lipinski definition) is 6. The Labute approximate surface area is 288 Å². The molecule has 2 aromatic heterocycles. The fraction of sp³-hybridized carbons (Fsp3) is 0.205. The summed E-state index contributed by atoms with van der Waals surface area (Å²) in [5.74, 6) is 0.137. The Morgan fingerprint density at radius 3 is 2.22 bits per heavy atom. The lowest BCUT2D eigenvalue weighted by atomic mass is 9.98. The Kier molecular flexibility index (Phi) is 9.73. The molecule has 0 aliphatic carbocycles. The molecule has 250 valence electrons. The largest absolute Gasteiger partial charge is 0.497 e. The monoisotopic (exact) mass is 677 g/mol. The van der Waals surface area contributed by atoms with E-state index in [-0.39, 0.29) is 18.7 Å². The van der Waals surface area contributed by atoms with Crippen LogP contribution in [0, 0.1) is 6.92 Å². The zero-order chi connectivity index (χ0) is 34.7. The highest BCUT2D eigenvalue weighted by molar-refractivity contribution is 6.30. The van der Waals surface area contributed by atoms with E-state index in [2.05, 4.69) is 10.3 Å². The van der Waals surface area contributed by atoms with Gasteiger partial charge in [-0.2, -0.15) is 0 Å². The second kappa shape index (κ2) is 14.3. The minimum Gasteiger partial charge on any atom is -0.497 e. The van der Waals surface area contributed by atoms with Crippen LogP contribution < -0.4 is 14.8 Å². The van der Waals surface area contributed by atoms with Crippen molar-refractivity contribution in [1.29, 1.82) is 0 Å². The fourth-order valence-electron chi connectivity index (χ4n) is 6.33. The van der Waals surface area contributed by atoms with Gasteiger partial charge in [-0.25, -0.2) is 4.79 Å². The van der Waals surface area contributed by atoms with Gasteiger partial charge in [0.1, 0.15) is 17.5 Å². The molecule has 0 fully saturated rings. The quantitative estimate of drug-likeness (QED) is 0.146. The number of methoxy groups -OCH3 is 3. The summed E-state index contributed by atoms with van der Waals surface area (Å²) in [6.07, 6.45) is 0.700. The molecule has 6 aromatic rings. The van der Waals surface area contributed by atoms with E-state index in [1.165, 1.54) is 7.11 Å². The van der Waals surface area contributed by atoms with Crippen LogP contribution >= 0.6 is 11.6 Å². The van der Waals surface area contributed by atoms with Crippen LogP contribution in [-0.2, 0) is 33.6 Å². The molecule has 0 saturated heterocycles. The zero-order valence-corrected chi connectivity index (χ0v) is 28.4. The van der Waals surface area contributed by atoms with Crippen molar-refractivity contribution in [2.45, 2.75) is 32.2 Å². The van der Waals surface area contributed by atoms with Crippen LogP contribution in [0.25, 0.3) is 21.8 Å². The van der Waals surface area contributed by atoms with Gasteiger partial charge in [-0.3, -0.25) is 14.2 Å². The van der Waals surface area contributed by atoms with Crippen LogP contribution in [0.3, 0.4) is 0 Å². The number of para-hydroxylation sites is 1. The standard InChI is InChI=1S/C39H36ClN3O6/c1-23-30(32-20-28(48-3)17-18-36(32)43(23)38(45)25-11-13-26(40)14-12-25)22-37(44)42-35(39(46)49-4)21-31-29-7-5-6-8-33(29)41-34(31)19-24-9-15-27(47-2)16-10-24/h5-18,20,35,41H,19,21-22H2,1-4H3,(H,42,44)/t35-/m0/s1. The van der Waals surface area contributed by atoms with Crippen LogP contribution in [0.1, 0.15) is 38.4 Å². The van der Waals surface area contributed by atoms with E-state index >= 15 is 0 Å². The molecule has 10 heteroatoms. The molecule has 0 aliphatic rings. The summed E-state index contributed by atoms with van der Waals surface area (Å²) in [5, 5.41) is 5.12. The normalized spacial score (nSPS) is 11.8. The third-order valence-corrected chi connectivity index (χ3v) is 9.10. The Balaban J connectivity index is 1.31. The van der Waals surface area contributed by atoms with Gasteiger partial charge in [0.2, 0.25) is 5.91 Å². The number of carbonyl (C=O) groups is 3. The summed E-state index contributed by atoms with van der Waals surface area (Å²) in [6, 6.07) is 26.8. The van der Waals surface area contributed by atoms with E-state index in [0.29, 0.717) is 44.9 Å². The number of benzene rings is 4. The number of fused-ring (bicyclic) bond motifs is 2. The number of halogens is 1. The van der Waals surface area contributed by atoms with Gasteiger partial charge in [0.05, 0.1) is 33.3 Å². The molecule has 49 heavy (non-hydrogen) atoms. The first-order valence-electron chi connectivity index (χ1n) is 15.8. The lowest BCUT2D eigenvalue weighted by molar-refractivity contribution is -0.145. The molecule has 6 rings (SSSR count). The van der Waals surface area contributed by atoms with Gasteiger partial charge in [-0.05, 0) is 84.3 Å². The van der Waals surface area contributed by atoms with E-state index in [4.69, 9.17) is 25.8 Å². The maximum Gasteiger partial charge on any atom is 0.328 e. The van der Waals surface area contributed by atoms with Crippen molar-refractivity contribution >= 4 is 51.2 Å². The predicted molar refractivity (Wildman–Crippen MR) is 190 cm³/mol. The SMILES string of the molecule is COC(=O)[C@H](Cc1c(Cc2ccc(OC)cc2)[nH]c2ccccc12)NC(=O)Cc1c(C)n(C(=O)c2ccc(Cl)cc2)c2ccc(OC)cc12. The van der Waals surface area contributed by atoms with E-state index in [9.17, 15) is 14.4 Å². The number of hydrogen-bond donors (Lipinski definition) is 2. The van der Waals surface area contributed by atoms with Gasteiger partial charge in [0.15, 0.2) is 0 Å². The summed E-state index contributed by atoms with van der Waals surface area (Å²) in [4.78, 5) is 44.3. The van der Waals surface area contributed by atoms with E-state index in [0.717, 1.165) is 33.5 Å². The van der Waals surface area contributed by atoms with Crippen molar-refractivity contribution in [2.75, 3.05) is 21.3 Å². The molecule has 4 aromatic carbocycles. The van der Waals surface area contributed by atoms with Gasteiger partial charge < -0.3 is 24.5 Å². The summed E-state index contributed by atoms with van der Waals surface area (Å²) < 4.78 is 17.6. The van der Waals surface area contributed by atoms with Crippen molar-refractivity contribution in [3.8, 4) is 11.5 Å². The summed E-state index contributed by atoms with van der Waals surface area (Å²) >= 11 is 6.07. The number of nitrogens with one attached hydrogen (secondary N) is 2. The van der Waals surface area contributed by atoms with Gasteiger partial charge in [0.25, 0.3) is 5.91 Å². The molecule has 1 atom stereocenters. The highest BCUT2D eigenvalue weighted by atomic mass is 35.5. The number of ether oxygens (including phenoxy) is 3. The van der Waals surface area contributed by atoms with Crippen molar-refractivity contribution in [3.63, 3.8) is 0 Å². The molecular weight excluding hydrogens is 642 g/mol. The number of H-pyrrole nitrogens is 1. The van der Waals surface area contributed by atoms with Gasteiger partial charge >= 0.3 is 5.97 Å². The van der Waals surface area contributed by atoms with E-state index < -0.39 is 17.9 Å². The average Bonchev–Trinajstić information content (AvgIpc) is 3.60. The molecule has 0 spiro atoms. The third-order valence-electron chi connectivity index (χ3n) is 8.84. The Bertz CT molecular complexity index is 2170. The molecule has 0 radical (unpaired) electrons. The Hall–Kier alpha value is -5.54. The molecular formula is C39H36ClN3O6. The van der Waals surface area contributed by atoms with Crippen molar-refractivity contribution < 1.29 is 28.6 Å². The molecule has 0 aliphatic heterocycles. The molecule has 0 bridgehead atoms. The van der Waals surface area contributed by atoms with Crippen LogP contribution in [0.4, 0.5) is 0 Å². The molecule has 1 amide bonds. The lowest BCUT2D eigenvalue weighted by Gasteiger charge is -2.18. The summed E-state index contributed by atoms with van der Waals surface area (Å²) in [7, 11) is 4.50. The Morgan fingerprint density at radius 2 is 1.53 bits per heavy atom. The maximum absolute atomic E-state index is 13.8. The Morgan fingerprint density at radius 1 is 0.837 bits per heavy atom. The number of aromatic amines is 1. The lowest BCUT2D eigenvalue weighted by Crippen LogP contribution is -2.43. The predicted octanol–water partition coefficient (Wildman–Crippen LogP) is 6.82. The number of nitrogens with zero attached hydrogens (tertiary/aromatic N) is 1. The van der Waals surface area contributed by atoms with Crippen LogP contribution in [0.2, 0.25) is 5.02 Å². The first kappa shape index (κ1) is 33.4. The number of rotatable bonds is 11. The summed E-state index contributed by atoms with van der Waals surface area (Å²) in [6.45, 7) is 1.80. The zero-order valence-electron chi connectivity index (χ0n) is 27.6. The van der Waals surface area contributed by atoms with Crippen molar-refractivity contribution in [2.24, 2.45) is 0 Å². The number of esters is 1. The molecule has 0 saturated carbocycles. The minimum absolute atomic E-state index is 0.0868. The minimum atomic E-state index is -0.967. The van der Waals surface area contributed by atoms with Crippen LogP contribution in [0.5, 0.6) is 11.5 Å². The van der Waals surface area contributed by atoms with Crippen LogP contribution in [-0.4, -0.2) is 54.7 Å². The fourth-order valence-corrected chi connectivity index (χ4v) is 6.45. The van der Waals surface area contributed by atoms with E-state index in [1.54, 1.807) is 62.1 Å². The maximum atomic E-state index is 13.8. The number of aromatic nitrogens is 2. The molecule has 2 N–H and O–H groups in total. The van der Waals surface area contributed by atoms with Crippen molar-refractivity contribution in [1.82, 2.24) is 14.9 Å². The molecule has 9 nitrogen and oxygen atoms in total.